The minimum absolute atomic E-state index is 0.0371. The quantitative estimate of drug-likeness (QED) is 0.118. The van der Waals surface area contributed by atoms with Crippen molar-refractivity contribution in [1.29, 1.82) is 0 Å². The van der Waals surface area contributed by atoms with Crippen molar-refractivity contribution in [2.24, 2.45) is 0 Å². The molecule has 0 radical (unpaired) electrons. The van der Waals surface area contributed by atoms with Crippen LogP contribution in [0.1, 0.15) is 91.7 Å². The fraction of sp³-hybridized carbons (Fsp3) is 0.303. The normalized spacial score (nSPS) is 14.9. The summed E-state index contributed by atoms with van der Waals surface area (Å²) in [6.45, 7) is 13.4. The molecule has 0 amide bonds. The number of rotatable bonds is 12. The van der Waals surface area contributed by atoms with Gasteiger partial charge in [0.05, 0.1) is 26.6 Å². The van der Waals surface area contributed by atoms with Gasteiger partial charge in [-0.1, -0.05) is 154 Å². The molecule has 11 nitrogen and oxygen atoms in total. The third-order valence-corrected chi connectivity index (χ3v) is 19.1. The van der Waals surface area contributed by atoms with Gasteiger partial charge in [-0.3, -0.25) is 0 Å². The maximum absolute atomic E-state index is 13.0. The van der Waals surface area contributed by atoms with Crippen molar-refractivity contribution in [3.05, 3.63) is 203 Å². The van der Waals surface area contributed by atoms with Crippen molar-refractivity contribution >= 4 is 29.8 Å². The number of pyridine rings is 2. The second-order valence-corrected chi connectivity index (χ2v) is 25.0. The van der Waals surface area contributed by atoms with Gasteiger partial charge in [0.25, 0.3) is 9.05 Å². The lowest BCUT2D eigenvalue weighted by Gasteiger charge is -2.31. The first kappa shape index (κ1) is 58.0. The van der Waals surface area contributed by atoms with Crippen LogP contribution in [-0.4, -0.2) is 96.0 Å². The predicted octanol–water partition coefficient (Wildman–Crippen LogP) is 13.7. The molecule has 80 heavy (non-hydrogen) atoms. The Morgan fingerprint density at radius 2 is 0.925 bits per heavy atom. The van der Waals surface area contributed by atoms with Crippen molar-refractivity contribution in [1.82, 2.24) is 24.5 Å². The smallest absolute Gasteiger partial charge is 0.262 e. The van der Waals surface area contributed by atoms with Gasteiger partial charge in [-0.15, -0.1) is 0 Å². The monoisotopic (exact) mass is 1130 g/mol. The van der Waals surface area contributed by atoms with Crippen LogP contribution in [0.3, 0.4) is 0 Å². The van der Waals surface area contributed by atoms with Crippen molar-refractivity contribution < 1.29 is 26.3 Å². The molecule has 0 bridgehead atoms. The summed E-state index contributed by atoms with van der Waals surface area (Å²) in [4.78, 5) is 10.3. The molecular weight excluding hydrogens is 1060 g/mol. The summed E-state index contributed by atoms with van der Waals surface area (Å²) in [5.41, 5.74) is 19.1. The predicted molar refractivity (Wildman–Crippen MR) is 324 cm³/mol. The molecular formula is C66H72ClN5O6S2. The number of methoxy groups -OCH3 is 2. The Kier molecular flexibility index (Phi) is 19.3. The highest BCUT2D eigenvalue weighted by atomic mass is 35.7. The second-order valence-electron chi connectivity index (χ2n) is 20.5. The first-order chi connectivity index (χ1) is 38.8. The summed E-state index contributed by atoms with van der Waals surface area (Å²) in [6, 6.07) is 55.2. The highest BCUT2D eigenvalue weighted by Crippen LogP contribution is 2.41. The van der Waals surface area contributed by atoms with E-state index in [4.69, 9.17) is 20.2 Å². The molecule has 14 heteroatoms. The fourth-order valence-corrected chi connectivity index (χ4v) is 13.3. The van der Waals surface area contributed by atoms with Gasteiger partial charge in [0.2, 0.25) is 21.8 Å². The van der Waals surface area contributed by atoms with Crippen LogP contribution in [0.2, 0.25) is 0 Å². The average Bonchev–Trinajstić information content (AvgIpc) is 4.13. The molecule has 2 aromatic heterocycles. The van der Waals surface area contributed by atoms with Gasteiger partial charge in [0, 0.05) is 35.9 Å². The van der Waals surface area contributed by atoms with Crippen molar-refractivity contribution in [2.75, 3.05) is 60.0 Å². The molecule has 8 aromatic rings. The Balaban J connectivity index is 0.000000151. The zero-order valence-electron chi connectivity index (χ0n) is 46.4. The molecule has 12 rings (SSSR count). The molecule has 1 N–H and O–H groups in total. The van der Waals surface area contributed by atoms with Crippen LogP contribution < -0.4 is 14.8 Å². The van der Waals surface area contributed by atoms with Gasteiger partial charge < -0.3 is 19.7 Å². The zero-order valence-corrected chi connectivity index (χ0v) is 48.8. The minimum atomic E-state index is -3.67. The van der Waals surface area contributed by atoms with Crippen LogP contribution in [0.15, 0.2) is 180 Å². The van der Waals surface area contributed by atoms with Gasteiger partial charge in [-0.05, 0) is 173 Å². The molecule has 2 aliphatic heterocycles. The summed E-state index contributed by atoms with van der Waals surface area (Å²) in [7, 11) is 0.781. The zero-order chi connectivity index (χ0) is 56.2. The molecule has 0 unspecified atom stereocenters. The van der Waals surface area contributed by atoms with Crippen LogP contribution in [0.4, 0.5) is 0 Å². The number of fused-ring (bicyclic) bond motifs is 6. The average molecular weight is 1130 g/mol. The van der Waals surface area contributed by atoms with E-state index in [1.54, 1.807) is 16.4 Å². The summed E-state index contributed by atoms with van der Waals surface area (Å²) in [5.74, 6) is 1.83. The number of sulfonamides is 1. The number of aromatic nitrogens is 2. The Labute approximate surface area is 478 Å². The van der Waals surface area contributed by atoms with E-state index >= 15 is 0 Å². The molecule has 2 saturated heterocycles. The Hall–Kier alpha value is -6.71. The summed E-state index contributed by atoms with van der Waals surface area (Å²) in [5, 5.41) is 3.45. The number of hydrogen-bond donors (Lipinski definition) is 1. The lowest BCUT2D eigenvalue weighted by molar-refractivity contribution is 0.319. The van der Waals surface area contributed by atoms with Gasteiger partial charge in [0.1, 0.15) is 9.79 Å². The fourth-order valence-electron chi connectivity index (χ4n) is 11.2. The number of halogens is 1. The molecule has 2 fully saturated rings. The van der Waals surface area contributed by atoms with Crippen LogP contribution in [-0.2, 0) is 31.9 Å². The molecule has 0 atom stereocenters. The number of hydrogen-bond acceptors (Lipinski definition) is 10. The summed E-state index contributed by atoms with van der Waals surface area (Å²) in [6.07, 6.45) is 8.70. The number of piperidine rings is 2. The van der Waals surface area contributed by atoms with Gasteiger partial charge in [-0.25, -0.2) is 26.8 Å². The van der Waals surface area contributed by atoms with E-state index in [-0.39, 0.29) is 9.79 Å². The molecule has 0 saturated carbocycles. The van der Waals surface area contributed by atoms with Crippen LogP contribution in [0.5, 0.6) is 11.8 Å². The number of ether oxygens (including phenoxy) is 2. The SMILES string of the molecule is CCN(CC)CC.COc1ccc(S(=O)(=O)Cl)cn1.COc1ccc(S(=O)(=O)N2CCC(c3ccc(-c4ccc5c(c4)Cc4ccccc4-5)cc3)CC2)cn1.c1ccc2c(c1)Cc1cc(-c3ccc(C4CCNCC4)cc3)ccc1-2. The van der Waals surface area contributed by atoms with Crippen LogP contribution >= 0.6 is 10.7 Å². The van der Waals surface area contributed by atoms with Gasteiger partial charge in [0.15, 0.2) is 0 Å². The summed E-state index contributed by atoms with van der Waals surface area (Å²) < 4.78 is 58.8. The van der Waals surface area contributed by atoms with Crippen molar-refractivity contribution in [2.45, 2.75) is 80.9 Å². The van der Waals surface area contributed by atoms with Gasteiger partial charge >= 0.3 is 0 Å². The number of nitrogens with one attached hydrogen (secondary N) is 1. The van der Waals surface area contributed by atoms with Crippen molar-refractivity contribution in [3.8, 4) is 56.3 Å². The third kappa shape index (κ3) is 13.9. The topological polar surface area (TPSA) is 131 Å². The van der Waals surface area contributed by atoms with E-state index in [2.05, 4.69) is 174 Å². The highest BCUT2D eigenvalue weighted by Gasteiger charge is 2.30. The molecule has 416 valence electrons. The summed E-state index contributed by atoms with van der Waals surface area (Å²) >= 11 is 0. The molecule has 0 spiro atoms. The molecule has 6 aromatic carbocycles. The molecule has 4 aliphatic rings. The second kappa shape index (κ2) is 26.7. The van der Waals surface area contributed by atoms with E-state index in [9.17, 15) is 16.8 Å². The third-order valence-electron chi connectivity index (χ3n) is 15.9. The van der Waals surface area contributed by atoms with Crippen LogP contribution in [0.25, 0.3) is 44.5 Å². The standard InChI is InChI=1S/C30H28N2O3S.C24H23N.C6H6ClNO3S.C6H15N/c1-35-30-13-11-27(20-31-30)36(33,34)32-16-14-23(15-17-32)21-6-8-22(9-7-21)24-10-12-29-26(18-24)19-25-4-2-3-5-28(25)29;1-2-4-23-21(3-1)16-22-15-20(9-10-24(22)23)18-7-5-17(6-8-18)19-11-13-25-14-12-19;1-11-6-3-2-5(4-8-6)12(7,9)10;1-4-7(5-2)6-3/h2-13,18,20,23H,14-17,19H2,1H3;1-10,15,19,25H,11-14,16H2;2-4H,1H3;4-6H2,1-3H3. The largest absolute Gasteiger partial charge is 0.481 e. The van der Waals surface area contributed by atoms with E-state index in [1.165, 1.54) is 143 Å². The molecule has 4 heterocycles. The highest BCUT2D eigenvalue weighted by molar-refractivity contribution is 8.13. The van der Waals surface area contributed by atoms with E-state index in [0.717, 1.165) is 50.9 Å². The van der Waals surface area contributed by atoms with Crippen LogP contribution in [0, 0.1) is 0 Å². The number of nitrogens with zero attached hydrogens (tertiary/aromatic N) is 4. The van der Waals surface area contributed by atoms with Crippen molar-refractivity contribution in [3.63, 3.8) is 0 Å². The lowest BCUT2D eigenvalue weighted by atomic mass is 9.89. The lowest BCUT2D eigenvalue weighted by Crippen LogP contribution is -2.37. The maximum atomic E-state index is 13.0. The number of benzene rings is 6. The molecule has 2 aliphatic carbocycles. The van der Waals surface area contributed by atoms with E-state index in [1.807, 2.05) is 0 Å². The van der Waals surface area contributed by atoms with E-state index in [0.29, 0.717) is 30.8 Å². The van der Waals surface area contributed by atoms with E-state index < -0.39 is 19.1 Å². The minimum Gasteiger partial charge on any atom is -0.481 e. The Bertz CT molecular complexity index is 3560. The van der Waals surface area contributed by atoms with Gasteiger partial charge in [-0.2, -0.15) is 4.31 Å². The Morgan fingerprint density at radius 1 is 0.512 bits per heavy atom. The maximum Gasteiger partial charge on any atom is 0.262 e. The first-order valence-electron chi connectivity index (χ1n) is 27.8. The first-order valence-corrected chi connectivity index (χ1v) is 31.6. The Morgan fingerprint density at radius 3 is 1.32 bits per heavy atom.